The van der Waals surface area contributed by atoms with E-state index in [0.717, 1.165) is 11.1 Å². The van der Waals surface area contributed by atoms with Gasteiger partial charge in [-0.2, -0.15) is 5.10 Å². The average molecular weight is 303 g/mol. The van der Waals surface area contributed by atoms with Gasteiger partial charge in [0.05, 0.1) is 12.6 Å². The Morgan fingerprint density at radius 2 is 1.95 bits per heavy atom. The first kappa shape index (κ1) is 16.2. The smallest absolute Gasteiger partial charge is 0.224 e. The molecule has 4 nitrogen and oxygen atoms in total. The number of carbonyl (C=O) groups excluding carboxylic acids is 1. The van der Waals surface area contributed by atoms with Gasteiger partial charge < -0.3 is 5.32 Å². The van der Waals surface area contributed by atoms with E-state index in [0.29, 0.717) is 18.8 Å². The summed E-state index contributed by atoms with van der Waals surface area (Å²) in [6.07, 6.45) is 4.55. The van der Waals surface area contributed by atoms with Gasteiger partial charge in [0, 0.05) is 19.3 Å². The third-order valence-corrected chi connectivity index (χ3v) is 3.64. The topological polar surface area (TPSA) is 46.9 Å². The van der Waals surface area contributed by atoms with Crippen molar-refractivity contribution >= 4 is 5.91 Å². The molecule has 1 aromatic carbocycles. The largest absolute Gasteiger partial charge is 0.352 e. The molecule has 0 aliphatic carbocycles. The molecule has 0 bridgehead atoms. The van der Waals surface area contributed by atoms with E-state index < -0.39 is 0 Å². The molecule has 1 atom stereocenters. The first-order valence-electron chi connectivity index (χ1n) is 7.45. The van der Waals surface area contributed by atoms with Crippen LogP contribution in [0, 0.1) is 11.7 Å². The van der Waals surface area contributed by atoms with Crippen LogP contribution in [0.25, 0.3) is 0 Å². The molecule has 1 N–H and O–H groups in total. The Hall–Kier alpha value is -2.17. The summed E-state index contributed by atoms with van der Waals surface area (Å²) in [5, 5.41) is 7.13. The number of nitrogens with one attached hydrogen (secondary N) is 1. The molecule has 0 spiro atoms. The fourth-order valence-corrected chi connectivity index (χ4v) is 2.33. The van der Waals surface area contributed by atoms with Crippen molar-refractivity contribution < 1.29 is 9.18 Å². The minimum atomic E-state index is -0.245. The summed E-state index contributed by atoms with van der Waals surface area (Å²) in [4.78, 5) is 12.2. The first-order valence-corrected chi connectivity index (χ1v) is 7.45. The number of halogens is 1. The summed E-state index contributed by atoms with van der Waals surface area (Å²) in [7, 11) is 1.83. The summed E-state index contributed by atoms with van der Waals surface area (Å²) < 4.78 is 14.6. The van der Waals surface area contributed by atoms with Crippen LogP contribution in [0.5, 0.6) is 0 Å². The number of aryl methyl sites for hydroxylation is 1. The zero-order chi connectivity index (χ0) is 16.1. The highest BCUT2D eigenvalue weighted by atomic mass is 19.1. The number of nitrogens with zero attached hydrogens (tertiary/aromatic N) is 2. The minimum Gasteiger partial charge on any atom is -0.352 e. The lowest BCUT2D eigenvalue weighted by molar-refractivity contribution is -0.121. The van der Waals surface area contributed by atoms with Crippen molar-refractivity contribution in [1.29, 1.82) is 0 Å². The maximum atomic E-state index is 13.0. The molecule has 5 heteroatoms. The number of hydrogen-bond donors (Lipinski definition) is 1. The SMILES string of the molecule is CC(C)C(Cc1ccc(F)cc1)NC(=O)Cc1cnn(C)c1. The van der Waals surface area contributed by atoms with Gasteiger partial charge in [-0.3, -0.25) is 9.48 Å². The quantitative estimate of drug-likeness (QED) is 0.891. The molecule has 0 fully saturated rings. The second-order valence-corrected chi connectivity index (χ2v) is 5.95. The van der Waals surface area contributed by atoms with Gasteiger partial charge in [0.1, 0.15) is 5.82 Å². The van der Waals surface area contributed by atoms with E-state index in [2.05, 4.69) is 24.3 Å². The maximum absolute atomic E-state index is 13.0. The zero-order valence-corrected chi connectivity index (χ0v) is 13.2. The van der Waals surface area contributed by atoms with Crippen LogP contribution in [0.15, 0.2) is 36.7 Å². The Morgan fingerprint density at radius 3 is 2.50 bits per heavy atom. The lowest BCUT2D eigenvalue weighted by atomic mass is 9.96. The van der Waals surface area contributed by atoms with Crippen LogP contribution < -0.4 is 5.32 Å². The van der Waals surface area contributed by atoms with E-state index in [1.54, 1.807) is 23.0 Å². The van der Waals surface area contributed by atoms with E-state index in [1.807, 2.05) is 13.2 Å². The van der Waals surface area contributed by atoms with Crippen molar-refractivity contribution in [3.8, 4) is 0 Å². The number of benzene rings is 1. The fourth-order valence-electron chi connectivity index (χ4n) is 2.33. The van der Waals surface area contributed by atoms with Gasteiger partial charge >= 0.3 is 0 Å². The minimum absolute atomic E-state index is 0.0196. The molecular weight excluding hydrogens is 281 g/mol. The average Bonchev–Trinajstić information content (AvgIpc) is 2.85. The lowest BCUT2D eigenvalue weighted by Gasteiger charge is -2.22. The van der Waals surface area contributed by atoms with Crippen LogP contribution in [-0.4, -0.2) is 21.7 Å². The molecule has 1 amide bonds. The molecule has 0 aliphatic heterocycles. The zero-order valence-electron chi connectivity index (χ0n) is 13.2. The van der Waals surface area contributed by atoms with E-state index >= 15 is 0 Å². The normalized spacial score (nSPS) is 12.4. The third-order valence-electron chi connectivity index (χ3n) is 3.64. The Labute approximate surface area is 130 Å². The Kier molecular flexibility index (Phi) is 5.31. The van der Waals surface area contributed by atoms with Crippen molar-refractivity contribution in [3.63, 3.8) is 0 Å². The molecule has 0 radical (unpaired) electrons. The van der Waals surface area contributed by atoms with Crippen LogP contribution in [-0.2, 0) is 24.7 Å². The fraction of sp³-hybridized carbons (Fsp3) is 0.412. The molecule has 22 heavy (non-hydrogen) atoms. The monoisotopic (exact) mass is 303 g/mol. The number of aromatic nitrogens is 2. The van der Waals surface area contributed by atoms with Crippen LogP contribution in [0.4, 0.5) is 4.39 Å². The molecule has 1 aromatic heterocycles. The first-order chi connectivity index (χ1) is 10.4. The van der Waals surface area contributed by atoms with Gasteiger partial charge in [0.25, 0.3) is 0 Å². The van der Waals surface area contributed by atoms with Crippen LogP contribution >= 0.6 is 0 Å². The standard InChI is InChI=1S/C17H22FN3O/c1-12(2)16(8-13-4-6-15(18)7-5-13)20-17(22)9-14-10-19-21(3)11-14/h4-7,10-12,16H,8-9H2,1-3H3,(H,20,22). The molecule has 0 saturated carbocycles. The van der Waals surface area contributed by atoms with Crippen molar-refractivity contribution in [2.24, 2.45) is 13.0 Å². The van der Waals surface area contributed by atoms with Crippen LogP contribution in [0.3, 0.4) is 0 Å². The molecule has 1 heterocycles. The van der Waals surface area contributed by atoms with E-state index in [-0.39, 0.29) is 17.8 Å². The van der Waals surface area contributed by atoms with E-state index in [4.69, 9.17) is 0 Å². The molecule has 2 aromatic rings. The Bertz CT molecular complexity index is 619. The summed E-state index contributed by atoms with van der Waals surface area (Å²) in [6.45, 7) is 4.14. The summed E-state index contributed by atoms with van der Waals surface area (Å²) >= 11 is 0. The predicted molar refractivity (Wildman–Crippen MR) is 83.8 cm³/mol. The Balaban J connectivity index is 1.96. The summed E-state index contributed by atoms with van der Waals surface area (Å²) in [5.74, 6) is 0.0298. The molecule has 118 valence electrons. The van der Waals surface area contributed by atoms with Crippen LogP contribution in [0.1, 0.15) is 25.0 Å². The molecular formula is C17H22FN3O. The Morgan fingerprint density at radius 1 is 1.27 bits per heavy atom. The van der Waals surface area contributed by atoms with Gasteiger partial charge in [-0.05, 0) is 35.6 Å². The highest BCUT2D eigenvalue weighted by Gasteiger charge is 2.17. The molecule has 2 rings (SSSR count). The summed E-state index contributed by atoms with van der Waals surface area (Å²) in [5.41, 5.74) is 1.91. The second kappa shape index (κ2) is 7.20. The highest BCUT2D eigenvalue weighted by Crippen LogP contribution is 2.12. The van der Waals surface area contributed by atoms with Gasteiger partial charge in [0.15, 0.2) is 0 Å². The molecule has 0 saturated heterocycles. The summed E-state index contributed by atoms with van der Waals surface area (Å²) in [6, 6.07) is 6.44. The van der Waals surface area contributed by atoms with Gasteiger partial charge in [-0.1, -0.05) is 26.0 Å². The number of carbonyl (C=O) groups is 1. The van der Waals surface area contributed by atoms with E-state index in [1.165, 1.54) is 12.1 Å². The third kappa shape index (κ3) is 4.69. The lowest BCUT2D eigenvalue weighted by Crippen LogP contribution is -2.40. The molecule has 0 aliphatic rings. The molecule has 1 unspecified atom stereocenters. The predicted octanol–water partition coefficient (Wildman–Crippen LogP) is 2.49. The van der Waals surface area contributed by atoms with E-state index in [9.17, 15) is 9.18 Å². The second-order valence-electron chi connectivity index (χ2n) is 5.95. The highest BCUT2D eigenvalue weighted by molar-refractivity contribution is 5.78. The number of hydrogen-bond acceptors (Lipinski definition) is 2. The van der Waals surface area contributed by atoms with Crippen molar-refractivity contribution in [1.82, 2.24) is 15.1 Å². The van der Waals surface area contributed by atoms with Gasteiger partial charge in [0.2, 0.25) is 5.91 Å². The van der Waals surface area contributed by atoms with Crippen LogP contribution in [0.2, 0.25) is 0 Å². The van der Waals surface area contributed by atoms with Gasteiger partial charge in [-0.15, -0.1) is 0 Å². The van der Waals surface area contributed by atoms with Crippen molar-refractivity contribution in [2.75, 3.05) is 0 Å². The van der Waals surface area contributed by atoms with Gasteiger partial charge in [-0.25, -0.2) is 4.39 Å². The van der Waals surface area contributed by atoms with Crippen molar-refractivity contribution in [3.05, 3.63) is 53.6 Å². The number of amides is 1. The maximum Gasteiger partial charge on any atom is 0.224 e. The van der Waals surface area contributed by atoms with Crippen molar-refractivity contribution in [2.45, 2.75) is 32.7 Å². The number of rotatable bonds is 6.